The van der Waals surface area contributed by atoms with Gasteiger partial charge in [-0.3, -0.25) is 14.2 Å². The molecule has 4 rings (SSSR count). The van der Waals surface area contributed by atoms with E-state index in [-0.39, 0.29) is 43.5 Å². The molecule has 0 aliphatic heterocycles. The molecule has 164 valence electrons. The first-order valence-corrected chi connectivity index (χ1v) is 9.91. The second kappa shape index (κ2) is 9.73. The van der Waals surface area contributed by atoms with Crippen molar-refractivity contribution in [3.05, 3.63) is 76.9 Å². The van der Waals surface area contributed by atoms with Gasteiger partial charge in [0.2, 0.25) is 17.6 Å². The summed E-state index contributed by atoms with van der Waals surface area (Å²) in [6, 6.07) is 14.2. The lowest BCUT2D eigenvalue weighted by molar-refractivity contribution is -0.121. The van der Waals surface area contributed by atoms with Crippen LogP contribution >= 0.6 is 0 Å². The average Bonchev–Trinajstić information content (AvgIpc) is 3.29. The smallest absolute Gasteiger partial charge is 0.261 e. The van der Waals surface area contributed by atoms with Gasteiger partial charge in [-0.2, -0.15) is 4.98 Å². The predicted molar refractivity (Wildman–Crippen MR) is 114 cm³/mol. The number of nitrogens with one attached hydrogen (secondary N) is 1. The Morgan fingerprint density at radius 1 is 1.12 bits per heavy atom. The van der Waals surface area contributed by atoms with Crippen LogP contribution in [0.4, 0.5) is 0 Å². The molecular weight excluding hydrogens is 414 g/mol. The zero-order valence-electron chi connectivity index (χ0n) is 17.4. The maximum absolute atomic E-state index is 12.5. The van der Waals surface area contributed by atoms with Gasteiger partial charge < -0.3 is 19.3 Å². The van der Waals surface area contributed by atoms with Gasteiger partial charge in [0, 0.05) is 13.0 Å². The molecule has 0 atom stereocenters. The highest BCUT2D eigenvalue weighted by Gasteiger charge is 2.10. The number of carbonyl (C=O) groups excluding carboxylic acids is 1. The van der Waals surface area contributed by atoms with Crippen molar-refractivity contribution < 1.29 is 18.8 Å². The molecule has 0 radical (unpaired) electrons. The number of nitrogens with zero attached hydrogens (tertiary/aromatic N) is 4. The van der Waals surface area contributed by atoms with Crippen LogP contribution in [0.2, 0.25) is 0 Å². The molecule has 0 bridgehead atoms. The number of fused-ring (bicyclic) bond motifs is 1. The minimum atomic E-state index is -0.251. The SMILES string of the molecule is COc1ccc(OCc2noc(CNC(=O)CCn3cnc4ccccc4c3=O)n2)cc1. The van der Waals surface area contributed by atoms with Crippen LogP contribution in [0, 0.1) is 0 Å². The zero-order chi connectivity index (χ0) is 22.3. The Morgan fingerprint density at radius 3 is 2.72 bits per heavy atom. The van der Waals surface area contributed by atoms with E-state index in [2.05, 4.69) is 20.4 Å². The highest BCUT2D eigenvalue weighted by atomic mass is 16.5. The predicted octanol–water partition coefficient (Wildman–Crippen LogP) is 2.07. The first kappa shape index (κ1) is 21.0. The molecule has 0 saturated heterocycles. The van der Waals surface area contributed by atoms with Crippen LogP contribution < -0.4 is 20.3 Å². The van der Waals surface area contributed by atoms with Crippen molar-refractivity contribution in [2.75, 3.05) is 7.11 Å². The first-order chi connectivity index (χ1) is 15.6. The van der Waals surface area contributed by atoms with Gasteiger partial charge in [-0.25, -0.2) is 4.98 Å². The van der Waals surface area contributed by atoms with E-state index in [9.17, 15) is 9.59 Å². The van der Waals surface area contributed by atoms with Crippen LogP contribution in [-0.2, 0) is 24.5 Å². The first-order valence-electron chi connectivity index (χ1n) is 9.91. The molecule has 2 aromatic carbocycles. The van der Waals surface area contributed by atoms with E-state index in [4.69, 9.17) is 14.0 Å². The number of benzene rings is 2. The summed E-state index contributed by atoms with van der Waals surface area (Å²) in [5, 5.41) is 7.06. The normalized spacial score (nSPS) is 10.8. The number of methoxy groups -OCH3 is 1. The monoisotopic (exact) mass is 435 g/mol. The van der Waals surface area contributed by atoms with Gasteiger partial charge in [-0.1, -0.05) is 17.3 Å². The van der Waals surface area contributed by atoms with E-state index in [1.807, 2.05) is 6.07 Å². The van der Waals surface area contributed by atoms with E-state index in [1.165, 1.54) is 10.9 Å². The molecule has 0 aliphatic carbocycles. The minimum absolute atomic E-state index is 0.0826. The van der Waals surface area contributed by atoms with E-state index in [0.717, 1.165) is 5.75 Å². The fraction of sp³-hybridized carbons (Fsp3) is 0.227. The molecular formula is C22H21N5O5. The number of amides is 1. The number of carbonyl (C=O) groups is 1. The van der Waals surface area contributed by atoms with Crippen molar-refractivity contribution in [3.8, 4) is 11.5 Å². The summed E-state index contributed by atoms with van der Waals surface area (Å²) in [5.74, 6) is 1.75. The standard InChI is InChI=1S/C22H21N5O5/c1-30-15-6-8-16(9-7-15)31-13-19-25-21(32-26-19)12-23-20(28)10-11-27-14-24-18-5-3-2-4-17(18)22(27)29/h2-9,14H,10-13H2,1H3,(H,23,28). The van der Waals surface area contributed by atoms with E-state index < -0.39 is 0 Å². The summed E-state index contributed by atoms with van der Waals surface area (Å²) < 4.78 is 17.2. The van der Waals surface area contributed by atoms with Crippen molar-refractivity contribution >= 4 is 16.8 Å². The topological polar surface area (TPSA) is 121 Å². The second-order valence-electron chi connectivity index (χ2n) is 6.86. The molecule has 2 heterocycles. The Labute approximate surface area is 182 Å². The third kappa shape index (κ3) is 5.09. The van der Waals surface area contributed by atoms with Gasteiger partial charge in [-0.05, 0) is 36.4 Å². The molecule has 0 spiro atoms. The van der Waals surface area contributed by atoms with Gasteiger partial charge in [0.15, 0.2) is 6.61 Å². The number of rotatable bonds is 9. The Bertz CT molecular complexity index is 1270. The minimum Gasteiger partial charge on any atom is -0.497 e. The molecule has 1 N–H and O–H groups in total. The molecule has 4 aromatic rings. The third-order valence-corrected chi connectivity index (χ3v) is 4.69. The van der Waals surface area contributed by atoms with Crippen LogP contribution in [0.1, 0.15) is 18.1 Å². The zero-order valence-corrected chi connectivity index (χ0v) is 17.4. The maximum atomic E-state index is 12.5. The Kier molecular flexibility index (Phi) is 6.40. The summed E-state index contributed by atoms with van der Waals surface area (Å²) in [5.41, 5.74) is 0.447. The molecule has 10 nitrogen and oxygen atoms in total. The van der Waals surface area contributed by atoms with Crippen molar-refractivity contribution in [2.24, 2.45) is 0 Å². The van der Waals surface area contributed by atoms with Crippen molar-refractivity contribution in [2.45, 2.75) is 26.1 Å². The van der Waals surface area contributed by atoms with E-state index in [1.54, 1.807) is 49.6 Å². The highest BCUT2D eigenvalue weighted by molar-refractivity contribution is 5.77. The fourth-order valence-corrected chi connectivity index (χ4v) is 2.99. The molecule has 0 fully saturated rings. The number of aromatic nitrogens is 4. The molecule has 0 unspecified atom stereocenters. The van der Waals surface area contributed by atoms with Gasteiger partial charge >= 0.3 is 0 Å². The molecule has 2 aromatic heterocycles. The van der Waals surface area contributed by atoms with E-state index >= 15 is 0 Å². The molecule has 10 heteroatoms. The quantitative estimate of drug-likeness (QED) is 0.424. The van der Waals surface area contributed by atoms with Crippen LogP contribution in [-0.4, -0.2) is 32.7 Å². The number of ether oxygens (including phenoxy) is 2. The summed E-state index contributed by atoms with van der Waals surface area (Å²) >= 11 is 0. The lowest BCUT2D eigenvalue weighted by Gasteiger charge is -2.06. The Balaban J connectivity index is 1.24. The fourth-order valence-electron chi connectivity index (χ4n) is 2.99. The molecule has 32 heavy (non-hydrogen) atoms. The van der Waals surface area contributed by atoms with Gasteiger partial charge in [0.1, 0.15) is 11.5 Å². The Hall–Kier alpha value is -4.21. The lowest BCUT2D eigenvalue weighted by Crippen LogP contribution is -2.27. The van der Waals surface area contributed by atoms with Crippen LogP contribution in [0.3, 0.4) is 0 Å². The van der Waals surface area contributed by atoms with Gasteiger partial charge in [0.25, 0.3) is 5.56 Å². The maximum Gasteiger partial charge on any atom is 0.261 e. The largest absolute Gasteiger partial charge is 0.497 e. The van der Waals surface area contributed by atoms with Crippen LogP contribution in [0.25, 0.3) is 10.9 Å². The lowest BCUT2D eigenvalue weighted by atomic mass is 10.2. The van der Waals surface area contributed by atoms with Gasteiger partial charge in [0.05, 0.1) is 30.9 Å². The van der Waals surface area contributed by atoms with Crippen LogP contribution in [0.15, 0.2) is 64.2 Å². The average molecular weight is 435 g/mol. The van der Waals surface area contributed by atoms with Crippen LogP contribution in [0.5, 0.6) is 11.5 Å². The van der Waals surface area contributed by atoms with Crippen molar-refractivity contribution in [1.82, 2.24) is 25.0 Å². The Morgan fingerprint density at radius 2 is 1.91 bits per heavy atom. The highest BCUT2D eigenvalue weighted by Crippen LogP contribution is 2.17. The molecule has 1 amide bonds. The number of para-hydroxylation sites is 1. The number of hydrogen-bond donors (Lipinski definition) is 1. The third-order valence-electron chi connectivity index (χ3n) is 4.69. The summed E-state index contributed by atoms with van der Waals surface area (Å²) in [6.45, 7) is 0.425. The van der Waals surface area contributed by atoms with Crippen molar-refractivity contribution in [3.63, 3.8) is 0 Å². The van der Waals surface area contributed by atoms with Gasteiger partial charge in [-0.15, -0.1) is 0 Å². The second-order valence-corrected chi connectivity index (χ2v) is 6.86. The number of aryl methyl sites for hydroxylation is 1. The molecule has 0 saturated carbocycles. The summed E-state index contributed by atoms with van der Waals surface area (Å²) in [6.07, 6.45) is 1.56. The van der Waals surface area contributed by atoms with E-state index in [0.29, 0.717) is 22.5 Å². The van der Waals surface area contributed by atoms with Crippen molar-refractivity contribution in [1.29, 1.82) is 0 Å². The number of hydrogen-bond acceptors (Lipinski definition) is 8. The summed E-state index contributed by atoms with van der Waals surface area (Å²) in [7, 11) is 1.59. The molecule has 0 aliphatic rings. The summed E-state index contributed by atoms with van der Waals surface area (Å²) in [4.78, 5) is 33.1.